The van der Waals surface area contributed by atoms with E-state index in [0.717, 1.165) is 11.3 Å². The van der Waals surface area contributed by atoms with Crippen molar-refractivity contribution in [1.29, 1.82) is 0 Å². The number of hydrogen-bond acceptors (Lipinski definition) is 3. The van der Waals surface area contributed by atoms with Gasteiger partial charge in [-0.3, -0.25) is 4.79 Å². The quantitative estimate of drug-likeness (QED) is 0.702. The van der Waals surface area contributed by atoms with Gasteiger partial charge in [0.05, 0.1) is 22.7 Å². The summed E-state index contributed by atoms with van der Waals surface area (Å²) in [4.78, 5) is 10.8. The van der Waals surface area contributed by atoms with Gasteiger partial charge in [-0.2, -0.15) is 0 Å². The van der Waals surface area contributed by atoms with Crippen molar-refractivity contribution in [3.8, 4) is 0 Å². The molecule has 0 heterocycles. The van der Waals surface area contributed by atoms with E-state index in [-0.39, 0.29) is 11.8 Å². The molecule has 0 aliphatic rings. The number of carbonyl (C=O) groups excluding carboxylic acids is 1. The highest BCUT2D eigenvalue weighted by molar-refractivity contribution is 6.33. The predicted molar refractivity (Wildman–Crippen MR) is 74.2 cm³/mol. The molecule has 6 heteroatoms. The van der Waals surface area contributed by atoms with E-state index in [4.69, 9.17) is 23.2 Å². The van der Waals surface area contributed by atoms with Crippen molar-refractivity contribution in [2.75, 3.05) is 17.7 Å². The summed E-state index contributed by atoms with van der Waals surface area (Å²) in [6, 6.07) is 5.44. The highest BCUT2D eigenvalue weighted by Gasteiger charge is 2.05. The highest BCUT2D eigenvalue weighted by Crippen LogP contribution is 2.23. The molecule has 3 N–H and O–H groups in total. The Hall–Kier alpha value is -0.970. The summed E-state index contributed by atoms with van der Waals surface area (Å²) >= 11 is 11.6. The molecule has 1 rings (SSSR count). The average Bonchev–Trinajstić information content (AvgIpc) is 2.34. The third-order valence-corrected chi connectivity index (χ3v) is 2.95. The molecule has 1 aromatic carbocycles. The lowest BCUT2D eigenvalue weighted by Crippen LogP contribution is -2.21. The van der Waals surface area contributed by atoms with Crippen LogP contribution in [0, 0.1) is 0 Å². The molecule has 1 atom stereocenters. The molecule has 0 saturated heterocycles. The molecule has 0 radical (unpaired) electrons. The third-order valence-electron chi connectivity index (χ3n) is 2.28. The minimum Gasteiger partial charge on any atom is -0.390 e. The molecule has 0 aromatic heterocycles. The van der Waals surface area contributed by atoms with Gasteiger partial charge in [-0.05, 0) is 17.7 Å². The molecule has 4 nitrogen and oxygen atoms in total. The molecule has 18 heavy (non-hydrogen) atoms. The summed E-state index contributed by atoms with van der Waals surface area (Å²) < 4.78 is 0. The Morgan fingerprint density at radius 1 is 1.50 bits per heavy atom. The van der Waals surface area contributed by atoms with E-state index in [1.807, 2.05) is 6.07 Å². The van der Waals surface area contributed by atoms with Crippen LogP contribution in [0.1, 0.15) is 12.5 Å². The Kier molecular flexibility index (Phi) is 6.25. The Balaban J connectivity index is 2.59. The maximum atomic E-state index is 10.8. The van der Waals surface area contributed by atoms with Crippen LogP contribution < -0.4 is 10.6 Å². The molecular weight excluding hydrogens is 275 g/mol. The number of halogens is 2. The third kappa shape index (κ3) is 5.12. The van der Waals surface area contributed by atoms with Gasteiger partial charge < -0.3 is 15.7 Å². The summed E-state index contributed by atoms with van der Waals surface area (Å²) in [7, 11) is 0. The van der Waals surface area contributed by atoms with Crippen molar-refractivity contribution in [2.45, 2.75) is 19.6 Å². The van der Waals surface area contributed by atoms with Gasteiger partial charge in [-0.15, -0.1) is 11.6 Å². The lowest BCUT2D eigenvalue weighted by Gasteiger charge is -2.12. The summed E-state index contributed by atoms with van der Waals surface area (Å²) in [5.41, 5.74) is 1.64. The Morgan fingerprint density at radius 3 is 2.78 bits per heavy atom. The zero-order chi connectivity index (χ0) is 13.5. The molecule has 1 amide bonds. The molecule has 0 spiro atoms. The number of aliphatic hydroxyl groups excluding tert-OH is 1. The van der Waals surface area contributed by atoms with Crippen LogP contribution in [0.25, 0.3) is 0 Å². The van der Waals surface area contributed by atoms with Gasteiger partial charge in [-0.1, -0.05) is 17.7 Å². The number of amides is 1. The first-order valence-electron chi connectivity index (χ1n) is 5.53. The summed E-state index contributed by atoms with van der Waals surface area (Å²) in [5.74, 6) is 0.0872. The van der Waals surface area contributed by atoms with Crippen LogP contribution in [0.15, 0.2) is 18.2 Å². The first kappa shape index (κ1) is 15.1. The van der Waals surface area contributed by atoms with Crippen molar-refractivity contribution in [3.05, 3.63) is 28.8 Å². The van der Waals surface area contributed by atoms with Crippen LogP contribution in [0.3, 0.4) is 0 Å². The second-order valence-corrected chi connectivity index (χ2v) is 4.63. The van der Waals surface area contributed by atoms with Gasteiger partial charge in [0, 0.05) is 20.0 Å². The fourth-order valence-electron chi connectivity index (χ4n) is 1.32. The second kappa shape index (κ2) is 7.46. The van der Waals surface area contributed by atoms with E-state index in [0.29, 0.717) is 18.1 Å². The lowest BCUT2D eigenvalue weighted by molar-refractivity contribution is -0.119. The minimum absolute atomic E-state index is 0.0847. The van der Waals surface area contributed by atoms with Gasteiger partial charge in [-0.25, -0.2) is 0 Å². The van der Waals surface area contributed by atoms with Crippen LogP contribution in [0.5, 0.6) is 0 Å². The SMILES string of the molecule is CC(=O)NCc1ccc(NCC(O)CCl)c(Cl)c1. The van der Waals surface area contributed by atoms with Crippen molar-refractivity contribution in [1.82, 2.24) is 5.32 Å². The van der Waals surface area contributed by atoms with Gasteiger partial charge in [0.25, 0.3) is 0 Å². The topological polar surface area (TPSA) is 61.4 Å². The molecular formula is C12H16Cl2N2O2. The monoisotopic (exact) mass is 290 g/mol. The molecule has 1 aromatic rings. The van der Waals surface area contributed by atoms with Gasteiger partial charge >= 0.3 is 0 Å². The first-order valence-corrected chi connectivity index (χ1v) is 6.45. The van der Waals surface area contributed by atoms with E-state index < -0.39 is 6.10 Å². The van der Waals surface area contributed by atoms with Crippen molar-refractivity contribution in [3.63, 3.8) is 0 Å². The largest absolute Gasteiger partial charge is 0.390 e. The van der Waals surface area contributed by atoms with Crippen molar-refractivity contribution >= 4 is 34.8 Å². The maximum absolute atomic E-state index is 10.8. The van der Waals surface area contributed by atoms with Crippen LogP contribution in [0.4, 0.5) is 5.69 Å². The molecule has 0 fully saturated rings. The number of carbonyl (C=O) groups is 1. The molecule has 100 valence electrons. The highest BCUT2D eigenvalue weighted by atomic mass is 35.5. The Morgan fingerprint density at radius 2 is 2.22 bits per heavy atom. The van der Waals surface area contributed by atoms with Crippen molar-refractivity contribution in [2.24, 2.45) is 0 Å². The number of hydrogen-bond donors (Lipinski definition) is 3. The fraction of sp³-hybridized carbons (Fsp3) is 0.417. The molecule has 0 aliphatic heterocycles. The summed E-state index contributed by atoms with van der Waals surface area (Å²) in [6.07, 6.45) is -0.609. The van der Waals surface area contributed by atoms with E-state index in [2.05, 4.69) is 10.6 Å². The predicted octanol–water partition coefficient (Wildman–Crippen LogP) is 1.99. The van der Waals surface area contributed by atoms with E-state index in [1.54, 1.807) is 12.1 Å². The second-order valence-electron chi connectivity index (χ2n) is 3.91. The molecule has 0 saturated carbocycles. The normalized spacial score (nSPS) is 12.0. The molecule has 1 unspecified atom stereocenters. The number of alkyl halides is 1. The van der Waals surface area contributed by atoms with Gasteiger partial charge in [0.15, 0.2) is 0 Å². The van der Waals surface area contributed by atoms with E-state index in [1.165, 1.54) is 6.92 Å². The lowest BCUT2D eigenvalue weighted by atomic mass is 10.2. The van der Waals surface area contributed by atoms with Gasteiger partial charge in [0.1, 0.15) is 0 Å². The number of aliphatic hydroxyl groups is 1. The summed E-state index contributed by atoms with van der Waals surface area (Å²) in [6.45, 7) is 2.25. The average molecular weight is 291 g/mol. The standard InChI is InChI=1S/C12H16Cl2N2O2/c1-8(17)15-6-9-2-3-12(11(14)4-9)16-7-10(18)5-13/h2-4,10,16,18H,5-7H2,1H3,(H,15,17). The van der Waals surface area contributed by atoms with Crippen molar-refractivity contribution < 1.29 is 9.90 Å². The number of anilines is 1. The first-order chi connectivity index (χ1) is 8.52. The number of rotatable bonds is 6. The Bertz CT molecular complexity index is 413. The summed E-state index contributed by atoms with van der Waals surface area (Å²) in [5, 5.41) is 15.6. The van der Waals surface area contributed by atoms with Crippen LogP contribution in [-0.2, 0) is 11.3 Å². The van der Waals surface area contributed by atoms with Gasteiger partial charge in [0.2, 0.25) is 5.91 Å². The zero-order valence-electron chi connectivity index (χ0n) is 10.0. The van der Waals surface area contributed by atoms with E-state index >= 15 is 0 Å². The Labute approximate surface area is 116 Å². The maximum Gasteiger partial charge on any atom is 0.217 e. The fourth-order valence-corrected chi connectivity index (χ4v) is 1.70. The minimum atomic E-state index is -0.609. The van der Waals surface area contributed by atoms with Crippen LogP contribution >= 0.6 is 23.2 Å². The zero-order valence-corrected chi connectivity index (χ0v) is 11.6. The smallest absolute Gasteiger partial charge is 0.217 e. The molecule has 0 aliphatic carbocycles. The number of benzene rings is 1. The number of nitrogens with one attached hydrogen (secondary N) is 2. The molecule has 0 bridgehead atoms. The van der Waals surface area contributed by atoms with E-state index in [9.17, 15) is 9.90 Å². The van der Waals surface area contributed by atoms with Crippen LogP contribution in [-0.4, -0.2) is 29.5 Å². The van der Waals surface area contributed by atoms with Crippen LogP contribution in [0.2, 0.25) is 5.02 Å².